The zero-order chi connectivity index (χ0) is 24.4. The van der Waals surface area contributed by atoms with E-state index in [0.29, 0.717) is 15.4 Å². The van der Waals surface area contributed by atoms with Crippen molar-refractivity contribution in [2.75, 3.05) is 18.5 Å². The maximum atomic E-state index is 12.7. The molecule has 176 valence electrons. The number of para-hydroxylation sites is 1. The molecule has 0 fully saturated rings. The number of aryl methyl sites for hydroxylation is 2. The minimum absolute atomic E-state index is 0.231. The van der Waals surface area contributed by atoms with Crippen LogP contribution in [0.5, 0.6) is 0 Å². The molecule has 1 amide bonds. The Labute approximate surface area is 204 Å². The Morgan fingerprint density at radius 3 is 2.47 bits per heavy atom. The number of anilines is 1. The summed E-state index contributed by atoms with van der Waals surface area (Å²) in [5, 5.41) is 8.47. The topological polar surface area (TPSA) is 99.5 Å². The molecule has 3 heterocycles. The van der Waals surface area contributed by atoms with Crippen LogP contribution in [-0.4, -0.2) is 40.8 Å². The molecule has 4 aromatic rings. The first kappa shape index (κ1) is 23.7. The number of fused-ring (bicyclic) bond motifs is 1. The molecule has 8 nitrogen and oxygen atoms in total. The van der Waals surface area contributed by atoms with Crippen molar-refractivity contribution in [1.29, 1.82) is 0 Å². The predicted molar refractivity (Wildman–Crippen MR) is 132 cm³/mol. The van der Waals surface area contributed by atoms with Crippen LogP contribution in [0.4, 0.5) is 5.00 Å². The highest BCUT2D eigenvalue weighted by Crippen LogP contribution is 2.33. The molecule has 10 heteroatoms. The van der Waals surface area contributed by atoms with Gasteiger partial charge < -0.3 is 14.8 Å². The van der Waals surface area contributed by atoms with E-state index in [1.54, 1.807) is 24.6 Å². The van der Waals surface area contributed by atoms with E-state index in [1.807, 2.05) is 44.2 Å². The van der Waals surface area contributed by atoms with Crippen molar-refractivity contribution in [3.8, 4) is 5.69 Å². The second kappa shape index (κ2) is 9.78. The molecular formula is C24H23N3O5S2. The number of carbonyl (C=O) groups is 3. The van der Waals surface area contributed by atoms with Gasteiger partial charge in [-0.2, -0.15) is 5.10 Å². The van der Waals surface area contributed by atoms with Crippen LogP contribution in [0.3, 0.4) is 0 Å². The number of thiophene rings is 2. The molecule has 0 bridgehead atoms. The zero-order valence-corrected chi connectivity index (χ0v) is 20.8. The molecule has 0 aliphatic heterocycles. The van der Waals surface area contributed by atoms with Crippen LogP contribution in [0.25, 0.3) is 15.9 Å². The molecule has 1 aromatic carbocycles. The number of amides is 1. The van der Waals surface area contributed by atoms with Crippen LogP contribution in [0.15, 0.2) is 36.4 Å². The first-order chi connectivity index (χ1) is 16.3. The molecule has 0 atom stereocenters. The minimum atomic E-state index is -0.598. The Hall–Kier alpha value is -3.50. The monoisotopic (exact) mass is 497 g/mol. The number of nitrogens with zero attached hydrogens (tertiary/aromatic N) is 2. The number of rotatable bonds is 7. The maximum Gasteiger partial charge on any atom is 0.348 e. The molecule has 0 radical (unpaired) electrons. The van der Waals surface area contributed by atoms with E-state index in [2.05, 4.69) is 10.4 Å². The van der Waals surface area contributed by atoms with Crippen LogP contribution < -0.4 is 5.32 Å². The van der Waals surface area contributed by atoms with Gasteiger partial charge in [0.25, 0.3) is 5.91 Å². The summed E-state index contributed by atoms with van der Waals surface area (Å²) < 4.78 is 12.1. The van der Waals surface area contributed by atoms with Gasteiger partial charge in [-0.1, -0.05) is 18.2 Å². The number of benzene rings is 1. The maximum absolute atomic E-state index is 12.7. The quantitative estimate of drug-likeness (QED) is 0.359. The highest BCUT2D eigenvalue weighted by atomic mass is 32.1. The predicted octanol–water partition coefficient (Wildman–Crippen LogP) is 5.05. The van der Waals surface area contributed by atoms with Crippen molar-refractivity contribution in [3.05, 3.63) is 63.0 Å². The number of carbonyl (C=O) groups excluding carboxylic acids is 3. The molecule has 0 saturated carbocycles. The van der Waals surface area contributed by atoms with Crippen LogP contribution in [0.2, 0.25) is 0 Å². The van der Waals surface area contributed by atoms with Gasteiger partial charge in [0.15, 0.2) is 6.61 Å². The van der Waals surface area contributed by atoms with Crippen molar-refractivity contribution in [2.24, 2.45) is 0 Å². The number of esters is 2. The fourth-order valence-corrected chi connectivity index (χ4v) is 5.56. The molecule has 0 aliphatic rings. The van der Waals surface area contributed by atoms with Gasteiger partial charge >= 0.3 is 11.9 Å². The van der Waals surface area contributed by atoms with Crippen molar-refractivity contribution in [2.45, 2.75) is 27.7 Å². The molecule has 34 heavy (non-hydrogen) atoms. The largest absolute Gasteiger partial charge is 0.462 e. The third-order valence-corrected chi connectivity index (χ3v) is 7.41. The number of aromatic nitrogens is 2. The van der Waals surface area contributed by atoms with Gasteiger partial charge in [0.05, 0.1) is 23.6 Å². The smallest absolute Gasteiger partial charge is 0.348 e. The Kier molecular flexibility index (Phi) is 6.80. The average molecular weight is 498 g/mol. The van der Waals surface area contributed by atoms with Gasteiger partial charge in [-0.05, 0) is 51.5 Å². The number of hydrogen-bond donors (Lipinski definition) is 1. The molecule has 3 aromatic heterocycles. The Morgan fingerprint density at radius 1 is 1.03 bits per heavy atom. The number of nitrogens with one attached hydrogen (secondary N) is 1. The van der Waals surface area contributed by atoms with Gasteiger partial charge in [-0.25, -0.2) is 14.3 Å². The van der Waals surface area contributed by atoms with Gasteiger partial charge in [-0.15, -0.1) is 22.7 Å². The van der Waals surface area contributed by atoms with Crippen LogP contribution in [0.1, 0.15) is 43.1 Å². The van der Waals surface area contributed by atoms with Crippen LogP contribution >= 0.6 is 22.7 Å². The number of ether oxygens (including phenoxy) is 2. The Balaban J connectivity index is 1.46. The Morgan fingerprint density at radius 2 is 1.76 bits per heavy atom. The third kappa shape index (κ3) is 4.59. The third-order valence-electron chi connectivity index (χ3n) is 5.20. The number of hydrogen-bond acceptors (Lipinski definition) is 8. The highest BCUT2D eigenvalue weighted by molar-refractivity contribution is 7.20. The molecular weight excluding hydrogens is 474 g/mol. The van der Waals surface area contributed by atoms with E-state index in [1.165, 1.54) is 22.7 Å². The van der Waals surface area contributed by atoms with Gasteiger partial charge in [0, 0.05) is 10.3 Å². The lowest BCUT2D eigenvalue weighted by Gasteiger charge is -2.07. The standard InChI is InChI=1S/C24H23N3O5S2/c1-5-31-24(30)20-13(2)15(4)33-21(20)25-19(28)12-32-23(29)18-11-17-14(3)26-27(22(17)34-18)16-9-7-6-8-10-16/h6-11H,5,12H2,1-4H3,(H,25,28). The second-order valence-electron chi connectivity index (χ2n) is 7.49. The molecule has 0 unspecified atom stereocenters. The Bertz CT molecular complexity index is 1380. The SMILES string of the molecule is CCOC(=O)c1c(NC(=O)COC(=O)c2cc3c(C)nn(-c4ccccc4)c3s2)sc(C)c1C. The summed E-state index contributed by atoms with van der Waals surface area (Å²) in [5.41, 5.74) is 2.76. The summed E-state index contributed by atoms with van der Waals surface area (Å²) in [4.78, 5) is 39.5. The minimum Gasteiger partial charge on any atom is -0.462 e. The molecule has 1 N–H and O–H groups in total. The first-order valence-corrected chi connectivity index (χ1v) is 12.2. The van der Waals surface area contributed by atoms with E-state index >= 15 is 0 Å². The molecule has 0 aliphatic carbocycles. The average Bonchev–Trinajstić information content (AvgIpc) is 3.46. The zero-order valence-electron chi connectivity index (χ0n) is 19.1. The molecule has 0 saturated heterocycles. The normalized spacial score (nSPS) is 10.9. The fourth-order valence-electron chi connectivity index (χ4n) is 3.42. The van der Waals surface area contributed by atoms with E-state index in [-0.39, 0.29) is 6.61 Å². The van der Waals surface area contributed by atoms with Crippen molar-refractivity contribution in [3.63, 3.8) is 0 Å². The van der Waals surface area contributed by atoms with Gasteiger partial charge in [0.2, 0.25) is 0 Å². The van der Waals surface area contributed by atoms with Crippen molar-refractivity contribution in [1.82, 2.24) is 9.78 Å². The first-order valence-electron chi connectivity index (χ1n) is 10.6. The lowest BCUT2D eigenvalue weighted by molar-refractivity contribution is -0.119. The van der Waals surface area contributed by atoms with Crippen LogP contribution in [-0.2, 0) is 14.3 Å². The van der Waals surface area contributed by atoms with Gasteiger partial charge in [-0.3, -0.25) is 4.79 Å². The summed E-state index contributed by atoms with van der Waals surface area (Å²) in [7, 11) is 0. The van der Waals surface area contributed by atoms with Crippen molar-refractivity contribution >= 4 is 55.7 Å². The lowest BCUT2D eigenvalue weighted by atomic mass is 10.1. The van der Waals surface area contributed by atoms with Crippen molar-refractivity contribution < 1.29 is 23.9 Å². The van der Waals surface area contributed by atoms with Crippen LogP contribution in [0, 0.1) is 20.8 Å². The summed E-state index contributed by atoms with van der Waals surface area (Å²) in [5.74, 6) is -1.63. The van der Waals surface area contributed by atoms with E-state index in [4.69, 9.17) is 9.47 Å². The van der Waals surface area contributed by atoms with Gasteiger partial charge in [0.1, 0.15) is 14.7 Å². The van der Waals surface area contributed by atoms with E-state index < -0.39 is 24.5 Å². The summed E-state index contributed by atoms with van der Waals surface area (Å²) in [6.07, 6.45) is 0. The molecule has 0 spiro atoms. The fraction of sp³-hybridized carbons (Fsp3) is 0.250. The summed E-state index contributed by atoms with van der Waals surface area (Å²) in [6, 6.07) is 11.4. The summed E-state index contributed by atoms with van der Waals surface area (Å²) >= 11 is 2.53. The van der Waals surface area contributed by atoms with E-state index in [9.17, 15) is 14.4 Å². The van der Waals surface area contributed by atoms with E-state index in [0.717, 1.165) is 32.0 Å². The lowest BCUT2D eigenvalue weighted by Crippen LogP contribution is -2.21. The highest BCUT2D eigenvalue weighted by Gasteiger charge is 2.23. The molecule has 4 rings (SSSR count). The second-order valence-corrected chi connectivity index (χ2v) is 9.75. The summed E-state index contributed by atoms with van der Waals surface area (Å²) in [6.45, 7) is 7.01.